The van der Waals surface area contributed by atoms with E-state index in [0.717, 1.165) is 30.5 Å². The topological polar surface area (TPSA) is 62.4 Å². The van der Waals surface area contributed by atoms with Crippen LogP contribution in [0.1, 0.15) is 40.0 Å². The number of morpholine rings is 1. The van der Waals surface area contributed by atoms with Crippen LogP contribution in [0.3, 0.4) is 0 Å². The van der Waals surface area contributed by atoms with E-state index >= 15 is 0 Å². The molecule has 1 N–H and O–H groups in total. The van der Waals surface area contributed by atoms with Crippen molar-refractivity contribution in [1.82, 2.24) is 9.88 Å². The third-order valence-electron chi connectivity index (χ3n) is 4.84. The number of nitrogens with zero attached hydrogens (tertiary/aromatic N) is 1. The number of carbonyl (C=O) groups excluding carboxylic acids is 1. The summed E-state index contributed by atoms with van der Waals surface area (Å²) in [5.74, 6) is -0.194. The van der Waals surface area contributed by atoms with Gasteiger partial charge in [-0.15, -0.1) is 0 Å². The molecule has 1 aromatic heterocycles. The SMILES string of the molecule is Cc1cc(C)c(C(=O)N2CCO[C@H](CCCc3ccccc3)C2)c(=O)[nH]1. The van der Waals surface area contributed by atoms with Gasteiger partial charge in [0.2, 0.25) is 0 Å². The molecule has 1 aliphatic heterocycles. The van der Waals surface area contributed by atoms with Crippen molar-refractivity contribution >= 4 is 5.91 Å². The zero-order valence-electron chi connectivity index (χ0n) is 15.5. The third-order valence-corrected chi connectivity index (χ3v) is 4.84. The van der Waals surface area contributed by atoms with Crippen molar-refractivity contribution in [3.05, 3.63) is 69.1 Å². The Labute approximate surface area is 154 Å². The highest BCUT2D eigenvalue weighted by atomic mass is 16.5. The van der Waals surface area contributed by atoms with Gasteiger partial charge >= 0.3 is 0 Å². The van der Waals surface area contributed by atoms with E-state index in [1.54, 1.807) is 4.90 Å². The van der Waals surface area contributed by atoms with Crippen molar-refractivity contribution in [2.45, 2.75) is 39.2 Å². The quantitative estimate of drug-likeness (QED) is 0.898. The molecular formula is C21H26N2O3. The average molecular weight is 354 g/mol. The standard InChI is InChI=1S/C21H26N2O3/c1-15-13-16(2)22-20(24)19(15)21(25)23-11-12-26-18(14-23)10-6-9-17-7-4-3-5-8-17/h3-5,7-8,13,18H,6,9-12,14H2,1-2H3,(H,22,24)/t18-/m1/s1. The summed E-state index contributed by atoms with van der Waals surface area (Å²) in [5, 5.41) is 0. The molecular weight excluding hydrogens is 328 g/mol. The molecule has 1 amide bonds. The van der Waals surface area contributed by atoms with Crippen molar-refractivity contribution in [2.24, 2.45) is 0 Å². The van der Waals surface area contributed by atoms with E-state index in [4.69, 9.17) is 4.74 Å². The Kier molecular flexibility index (Phi) is 5.89. The lowest BCUT2D eigenvalue weighted by molar-refractivity contribution is -0.0255. The van der Waals surface area contributed by atoms with Gasteiger partial charge < -0.3 is 14.6 Å². The van der Waals surface area contributed by atoms with Crippen molar-refractivity contribution < 1.29 is 9.53 Å². The first-order valence-electron chi connectivity index (χ1n) is 9.20. The molecule has 1 aromatic carbocycles. The monoisotopic (exact) mass is 354 g/mol. The highest BCUT2D eigenvalue weighted by Crippen LogP contribution is 2.16. The first-order chi connectivity index (χ1) is 12.5. The fraction of sp³-hybridized carbons (Fsp3) is 0.429. The van der Waals surface area contributed by atoms with E-state index in [-0.39, 0.29) is 23.1 Å². The molecule has 2 aromatic rings. The number of aryl methyl sites for hydroxylation is 3. The van der Waals surface area contributed by atoms with Crippen LogP contribution in [0.25, 0.3) is 0 Å². The molecule has 1 saturated heterocycles. The Morgan fingerprint density at radius 3 is 2.77 bits per heavy atom. The second-order valence-corrected chi connectivity index (χ2v) is 6.96. The summed E-state index contributed by atoms with van der Waals surface area (Å²) in [6, 6.07) is 12.2. The summed E-state index contributed by atoms with van der Waals surface area (Å²) in [5.41, 5.74) is 2.76. The molecule has 2 heterocycles. The molecule has 5 nitrogen and oxygen atoms in total. The van der Waals surface area contributed by atoms with Gasteiger partial charge in [-0.3, -0.25) is 9.59 Å². The zero-order valence-corrected chi connectivity index (χ0v) is 15.5. The first kappa shape index (κ1) is 18.4. The van der Waals surface area contributed by atoms with Crippen LogP contribution in [0.2, 0.25) is 0 Å². The Bertz CT molecular complexity index is 814. The number of carbonyl (C=O) groups is 1. The van der Waals surface area contributed by atoms with Crippen LogP contribution in [0, 0.1) is 13.8 Å². The number of hydrogen-bond donors (Lipinski definition) is 1. The number of benzene rings is 1. The van der Waals surface area contributed by atoms with Crippen molar-refractivity contribution in [3.63, 3.8) is 0 Å². The molecule has 1 atom stereocenters. The van der Waals surface area contributed by atoms with Gasteiger partial charge in [0.1, 0.15) is 5.56 Å². The molecule has 26 heavy (non-hydrogen) atoms. The van der Waals surface area contributed by atoms with Crippen LogP contribution in [0.15, 0.2) is 41.2 Å². The minimum atomic E-state index is -0.306. The van der Waals surface area contributed by atoms with E-state index in [0.29, 0.717) is 19.7 Å². The van der Waals surface area contributed by atoms with E-state index in [9.17, 15) is 9.59 Å². The predicted octanol–water partition coefficient (Wildman–Crippen LogP) is 2.86. The predicted molar refractivity (Wildman–Crippen MR) is 102 cm³/mol. The van der Waals surface area contributed by atoms with Crippen LogP contribution in [-0.2, 0) is 11.2 Å². The van der Waals surface area contributed by atoms with Crippen LogP contribution in [-0.4, -0.2) is 41.6 Å². The van der Waals surface area contributed by atoms with Gasteiger partial charge in [-0.05, 0) is 50.3 Å². The first-order valence-corrected chi connectivity index (χ1v) is 9.20. The lowest BCUT2D eigenvalue weighted by Crippen LogP contribution is -2.47. The summed E-state index contributed by atoms with van der Waals surface area (Å²) in [4.78, 5) is 29.5. The summed E-state index contributed by atoms with van der Waals surface area (Å²) in [6.07, 6.45) is 2.95. The molecule has 0 spiro atoms. The third kappa shape index (κ3) is 4.41. The maximum absolute atomic E-state index is 12.8. The summed E-state index contributed by atoms with van der Waals surface area (Å²) >= 11 is 0. The van der Waals surface area contributed by atoms with Crippen LogP contribution >= 0.6 is 0 Å². The van der Waals surface area contributed by atoms with E-state index < -0.39 is 0 Å². The Morgan fingerprint density at radius 1 is 1.27 bits per heavy atom. The van der Waals surface area contributed by atoms with Gasteiger partial charge in [-0.25, -0.2) is 0 Å². The number of nitrogens with one attached hydrogen (secondary N) is 1. The number of amides is 1. The number of pyridine rings is 1. The second-order valence-electron chi connectivity index (χ2n) is 6.96. The molecule has 138 valence electrons. The molecule has 0 bridgehead atoms. The zero-order chi connectivity index (χ0) is 18.5. The molecule has 5 heteroatoms. The molecule has 0 aliphatic carbocycles. The van der Waals surface area contributed by atoms with Crippen LogP contribution in [0.5, 0.6) is 0 Å². The Morgan fingerprint density at radius 2 is 2.04 bits per heavy atom. The number of H-pyrrole nitrogens is 1. The maximum atomic E-state index is 12.8. The summed E-state index contributed by atoms with van der Waals surface area (Å²) < 4.78 is 5.83. The molecule has 3 rings (SSSR count). The number of rotatable bonds is 5. The molecule has 0 saturated carbocycles. The molecule has 1 fully saturated rings. The largest absolute Gasteiger partial charge is 0.375 e. The number of aromatic amines is 1. The fourth-order valence-electron chi connectivity index (χ4n) is 3.53. The maximum Gasteiger partial charge on any atom is 0.261 e. The molecule has 0 unspecified atom stereocenters. The number of aromatic nitrogens is 1. The normalized spacial score (nSPS) is 17.3. The highest BCUT2D eigenvalue weighted by molar-refractivity contribution is 5.95. The van der Waals surface area contributed by atoms with E-state index in [1.165, 1.54) is 5.56 Å². The molecule has 1 aliphatic rings. The number of ether oxygens (including phenoxy) is 1. The van der Waals surface area contributed by atoms with Gasteiger partial charge in [0, 0.05) is 18.8 Å². The van der Waals surface area contributed by atoms with Crippen molar-refractivity contribution in [1.29, 1.82) is 0 Å². The highest BCUT2D eigenvalue weighted by Gasteiger charge is 2.27. The van der Waals surface area contributed by atoms with Gasteiger partial charge in [-0.2, -0.15) is 0 Å². The van der Waals surface area contributed by atoms with E-state index in [2.05, 4.69) is 17.1 Å². The van der Waals surface area contributed by atoms with Gasteiger partial charge in [0.25, 0.3) is 11.5 Å². The average Bonchev–Trinajstić information content (AvgIpc) is 2.62. The Hall–Kier alpha value is -2.40. The minimum absolute atomic E-state index is 0.0289. The smallest absolute Gasteiger partial charge is 0.261 e. The summed E-state index contributed by atoms with van der Waals surface area (Å²) in [6.45, 7) is 5.22. The fourth-order valence-corrected chi connectivity index (χ4v) is 3.53. The van der Waals surface area contributed by atoms with Crippen LogP contribution < -0.4 is 5.56 Å². The Balaban J connectivity index is 1.60. The lowest BCUT2D eigenvalue weighted by Gasteiger charge is -2.33. The minimum Gasteiger partial charge on any atom is -0.375 e. The van der Waals surface area contributed by atoms with Crippen molar-refractivity contribution in [3.8, 4) is 0 Å². The summed E-state index contributed by atoms with van der Waals surface area (Å²) in [7, 11) is 0. The van der Waals surface area contributed by atoms with Gasteiger partial charge in [0.15, 0.2) is 0 Å². The van der Waals surface area contributed by atoms with Gasteiger partial charge in [0.05, 0.1) is 12.7 Å². The lowest BCUT2D eigenvalue weighted by atomic mass is 10.0. The van der Waals surface area contributed by atoms with Crippen LogP contribution in [0.4, 0.5) is 0 Å². The van der Waals surface area contributed by atoms with E-state index in [1.807, 2.05) is 38.1 Å². The van der Waals surface area contributed by atoms with Gasteiger partial charge in [-0.1, -0.05) is 30.3 Å². The number of hydrogen-bond acceptors (Lipinski definition) is 3. The molecule has 0 radical (unpaired) electrons. The second kappa shape index (κ2) is 8.32. The van der Waals surface area contributed by atoms with Crippen molar-refractivity contribution in [2.75, 3.05) is 19.7 Å².